The topological polar surface area (TPSA) is 78.4 Å². The average Bonchev–Trinajstić information content (AvgIpc) is 2.32. The summed E-state index contributed by atoms with van der Waals surface area (Å²) >= 11 is 17.4. The van der Waals surface area contributed by atoms with Gasteiger partial charge in [0, 0.05) is 0 Å². The highest BCUT2D eigenvalue weighted by Crippen LogP contribution is 2.32. The molecule has 5 nitrogen and oxygen atoms in total. The van der Waals surface area contributed by atoms with Crippen LogP contribution in [0.1, 0.15) is 13.3 Å². The van der Waals surface area contributed by atoms with Crippen molar-refractivity contribution in [3.8, 4) is 0 Å². The molecule has 0 fully saturated rings. The van der Waals surface area contributed by atoms with E-state index in [2.05, 4.69) is 10.6 Å². The standard InChI is InChI=1S/C11H11Cl3N2O3/c1-2-8(10(17)18)15-11(19)16-9-4-6(13)5(12)3-7(9)14/h3-4,8H,2H2,1H3,(H,17,18)(H2,15,16,19)/t8-/m0/s1. The molecule has 0 aliphatic heterocycles. The van der Waals surface area contributed by atoms with Crippen LogP contribution in [0.3, 0.4) is 0 Å². The molecule has 0 radical (unpaired) electrons. The molecule has 0 saturated heterocycles. The first-order valence-corrected chi connectivity index (χ1v) is 6.43. The average molecular weight is 326 g/mol. The van der Waals surface area contributed by atoms with Crippen molar-refractivity contribution < 1.29 is 14.7 Å². The number of carbonyl (C=O) groups excluding carboxylic acids is 1. The van der Waals surface area contributed by atoms with Crippen LogP contribution in [0.4, 0.5) is 10.5 Å². The molecular weight excluding hydrogens is 314 g/mol. The molecule has 0 aromatic heterocycles. The van der Waals surface area contributed by atoms with Gasteiger partial charge in [0.1, 0.15) is 6.04 Å². The molecule has 1 aromatic rings. The van der Waals surface area contributed by atoms with Crippen molar-refractivity contribution in [2.75, 3.05) is 5.32 Å². The van der Waals surface area contributed by atoms with Crippen LogP contribution in [0.2, 0.25) is 15.1 Å². The van der Waals surface area contributed by atoms with Crippen molar-refractivity contribution in [3.05, 3.63) is 27.2 Å². The number of carboxylic acids is 1. The van der Waals surface area contributed by atoms with Gasteiger partial charge in [-0.05, 0) is 18.6 Å². The smallest absolute Gasteiger partial charge is 0.326 e. The Bertz CT molecular complexity index is 508. The highest BCUT2D eigenvalue weighted by atomic mass is 35.5. The summed E-state index contributed by atoms with van der Waals surface area (Å²) in [7, 11) is 0. The van der Waals surface area contributed by atoms with E-state index in [0.29, 0.717) is 0 Å². The molecule has 0 unspecified atom stereocenters. The van der Waals surface area contributed by atoms with Crippen molar-refractivity contribution >= 4 is 52.5 Å². The Kier molecular flexibility index (Phi) is 5.72. The number of anilines is 1. The van der Waals surface area contributed by atoms with Gasteiger partial charge in [0.2, 0.25) is 0 Å². The number of aliphatic carboxylic acids is 1. The molecule has 0 spiro atoms. The highest BCUT2D eigenvalue weighted by molar-refractivity contribution is 6.44. The van der Waals surface area contributed by atoms with Crippen LogP contribution in [0.5, 0.6) is 0 Å². The third-order valence-electron chi connectivity index (χ3n) is 2.27. The summed E-state index contributed by atoms with van der Waals surface area (Å²) in [6.45, 7) is 1.64. The number of hydrogen-bond acceptors (Lipinski definition) is 2. The van der Waals surface area contributed by atoms with Gasteiger partial charge in [-0.25, -0.2) is 9.59 Å². The van der Waals surface area contributed by atoms with E-state index in [-0.39, 0.29) is 27.2 Å². The quantitative estimate of drug-likeness (QED) is 0.740. The van der Waals surface area contributed by atoms with Crippen LogP contribution in [0.25, 0.3) is 0 Å². The SMILES string of the molecule is CC[C@H](NC(=O)Nc1cc(Cl)c(Cl)cc1Cl)C(=O)O. The molecule has 0 heterocycles. The molecule has 0 saturated carbocycles. The Morgan fingerprint density at radius 2 is 1.79 bits per heavy atom. The molecule has 0 aliphatic rings. The maximum atomic E-state index is 11.6. The van der Waals surface area contributed by atoms with E-state index < -0.39 is 18.0 Å². The van der Waals surface area contributed by atoms with Crippen molar-refractivity contribution in [2.24, 2.45) is 0 Å². The monoisotopic (exact) mass is 324 g/mol. The molecule has 1 rings (SSSR count). The van der Waals surface area contributed by atoms with E-state index in [9.17, 15) is 9.59 Å². The maximum Gasteiger partial charge on any atom is 0.326 e. The van der Waals surface area contributed by atoms with E-state index in [1.165, 1.54) is 12.1 Å². The lowest BCUT2D eigenvalue weighted by Gasteiger charge is -2.14. The lowest BCUT2D eigenvalue weighted by molar-refractivity contribution is -0.139. The molecule has 8 heteroatoms. The normalized spacial score (nSPS) is 11.8. The number of nitrogens with one attached hydrogen (secondary N) is 2. The van der Waals surface area contributed by atoms with Gasteiger partial charge in [0.15, 0.2) is 0 Å². The molecule has 3 N–H and O–H groups in total. The van der Waals surface area contributed by atoms with Gasteiger partial charge >= 0.3 is 12.0 Å². The second-order valence-electron chi connectivity index (χ2n) is 3.64. The van der Waals surface area contributed by atoms with E-state index in [4.69, 9.17) is 39.9 Å². The molecule has 1 atom stereocenters. The molecule has 0 bridgehead atoms. The summed E-state index contributed by atoms with van der Waals surface area (Å²) in [4.78, 5) is 22.4. The van der Waals surface area contributed by atoms with Gasteiger partial charge < -0.3 is 15.7 Å². The third kappa shape index (κ3) is 4.45. The maximum absolute atomic E-state index is 11.6. The number of urea groups is 1. The fourth-order valence-corrected chi connectivity index (χ4v) is 1.87. The largest absolute Gasteiger partial charge is 0.480 e. The van der Waals surface area contributed by atoms with Gasteiger partial charge in [0.25, 0.3) is 0 Å². The van der Waals surface area contributed by atoms with Crippen LogP contribution < -0.4 is 10.6 Å². The number of carboxylic acid groups (broad SMARTS) is 1. The van der Waals surface area contributed by atoms with Crippen LogP contribution >= 0.6 is 34.8 Å². The number of amides is 2. The molecule has 0 aliphatic carbocycles. The van der Waals surface area contributed by atoms with Crippen molar-refractivity contribution in [3.63, 3.8) is 0 Å². The predicted octanol–water partition coefficient (Wildman–Crippen LogP) is 3.63. The van der Waals surface area contributed by atoms with E-state index in [0.717, 1.165) is 0 Å². The lowest BCUT2D eigenvalue weighted by Crippen LogP contribution is -2.42. The summed E-state index contributed by atoms with van der Waals surface area (Å²) in [6, 6.07) is 1.11. The summed E-state index contributed by atoms with van der Waals surface area (Å²) in [6.07, 6.45) is 0.262. The van der Waals surface area contributed by atoms with Gasteiger partial charge in [-0.15, -0.1) is 0 Å². The number of hydrogen-bond donors (Lipinski definition) is 3. The van der Waals surface area contributed by atoms with Crippen LogP contribution in [0.15, 0.2) is 12.1 Å². The number of benzene rings is 1. The Morgan fingerprint density at radius 1 is 1.21 bits per heavy atom. The van der Waals surface area contributed by atoms with Crippen molar-refractivity contribution in [2.45, 2.75) is 19.4 Å². The molecule has 19 heavy (non-hydrogen) atoms. The molecule has 2 amide bonds. The Labute approximate surface area is 124 Å². The number of rotatable bonds is 4. The number of carbonyl (C=O) groups is 2. The minimum atomic E-state index is -1.11. The van der Waals surface area contributed by atoms with Crippen LogP contribution in [-0.2, 0) is 4.79 Å². The molecular formula is C11H11Cl3N2O3. The second-order valence-corrected chi connectivity index (χ2v) is 4.87. The Balaban J connectivity index is 2.77. The van der Waals surface area contributed by atoms with Crippen LogP contribution in [0, 0.1) is 0 Å². The van der Waals surface area contributed by atoms with Crippen molar-refractivity contribution in [1.82, 2.24) is 5.32 Å². The van der Waals surface area contributed by atoms with Gasteiger partial charge in [-0.1, -0.05) is 41.7 Å². The molecule has 104 valence electrons. The zero-order chi connectivity index (χ0) is 14.6. The Morgan fingerprint density at radius 3 is 2.32 bits per heavy atom. The first-order chi connectivity index (χ1) is 8.85. The first kappa shape index (κ1) is 15.9. The predicted molar refractivity (Wildman–Crippen MR) is 75.3 cm³/mol. The minimum absolute atomic E-state index is 0.202. The summed E-state index contributed by atoms with van der Waals surface area (Å²) < 4.78 is 0. The lowest BCUT2D eigenvalue weighted by atomic mass is 10.2. The van der Waals surface area contributed by atoms with E-state index in [1.54, 1.807) is 6.92 Å². The minimum Gasteiger partial charge on any atom is -0.480 e. The van der Waals surface area contributed by atoms with E-state index in [1.807, 2.05) is 0 Å². The fraction of sp³-hybridized carbons (Fsp3) is 0.273. The second kappa shape index (κ2) is 6.84. The zero-order valence-corrected chi connectivity index (χ0v) is 12.1. The fourth-order valence-electron chi connectivity index (χ4n) is 1.27. The third-order valence-corrected chi connectivity index (χ3v) is 3.30. The van der Waals surface area contributed by atoms with Gasteiger partial charge in [-0.3, -0.25) is 0 Å². The van der Waals surface area contributed by atoms with Gasteiger partial charge in [0.05, 0.1) is 20.8 Å². The van der Waals surface area contributed by atoms with Gasteiger partial charge in [-0.2, -0.15) is 0 Å². The van der Waals surface area contributed by atoms with Crippen LogP contribution in [-0.4, -0.2) is 23.1 Å². The zero-order valence-electron chi connectivity index (χ0n) is 9.84. The summed E-state index contributed by atoms with van der Waals surface area (Å²) in [5.74, 6) is -1.11. The molecule has 1 aromatic carbocycles. The summed E-state index contributed by atoms with van der Waals surface area (Å²) in [5.41, 5.74) is 0.244. The highest BCUT2D eigenvalue weighted by Gasteiger charge is 2.18. The van der Waals surface area contributed by atoms with Crippen molar-refractivity contribution in [1.29, 1.82) is 0 Å². The number of halogens is 3. The first-order valence-electron chi connectivity index (χ1n) is 5.30. The summed E-state index contributed by atoms with van der Waals surface area (Å²) in [5, 5.41) is 14.2. The Hall–Kier alpha value is -1.17. The van der Waals surface area contributed by atoms with E-state index >= 15 is 0 Å².